The van der Waals surface area contributed by atoms with Gasteiger partial charge in [0.1, 0.15) is 5.54 Å². The van der Waals surface area contributed by atoms with Gasteiger partial charge in [-0.2, -0.15) is 0 Å². The van der Waals surface area contributed by atoms with Crippen LogP contribution in [0.3, 0.4) is 0 Å². The zero-order chi connectivity index (χ0) is 14.6. The van der Waals surface area contributed by atoms with E-state index in [1.54, 1.807) is 0 Å². The van der Waals surface area contributed by atoms with Crippen molar-refractivity contribution >= 4 is 5.97 Å². The fourth-order valence-corrected chi connectivity index (χ4v) is 3.18. The predicted molar refractivity (Wildman–Crippen MR) is 80.7 cm³/mol. The second kappa shape index (κ2) is 6.90. The minimum Gasteiger partial charge on any atom is -0.468 e. The number of likely N-dealkylation sites (tertiary alicyclic amines) is 1. The fourth-order valence-electron chi connectivity index (χ4n) is 3.18. The number of esters is 1. The number of carbonyl (C=O) groups excluding carboxylic acids is 1. The van der Waals surface area contributed by atoms with Gasteiger partial charge in [-0.25, -0.2) is 0 Å². The molecule has 1 N–H and O–H groups in total. The van der Waals surface area contributed by atoms with Crippen molar-refractivity contribution in [3.05, 3.63) is 0 Å². The summed E-state index contributed by atoms with van der Waals surface area (Å²) < 4.78 is 4.98. The molecule has 0 aromatic rings. The molecule has 2 atom stereocenters. The third kappa shape index (κ3) is 4.45. The molecule has 2 unspecified atom stereocenters. The van der Waals surface area contributed by atoms with Gasteiger partial charge in [-0.15, -0.1) is 0 Å². The normalized spacial score (nSPS) is 26.4. The molecule has 2 rings (SSSR count). The van der Waals surface area contributed by atoms with Crippen molar-refractivity contribution in [3.63, 3.8) is 0 Å². The summed E-state index contributed by atoms with van der Waals surface area (Å²) in [6.07, 6.45) is 6.85. The zero-order valence-corrected chi connectivity index (χ0v) is 13.3. The van der Waals surface area contributed by atoms with Gasteiger partial charge in [0.2, 0.25) is 0 Å². The Morgan fingerprint density at radius 1 is 1.35 bits per heavy atom. The van der Waals surface area contributed by atoms with E-state index in [0.717, 1.165) is 18.8 Å². The van der Waals surface area contributed by atoms with Crippen molar-refractivity contribution in [2.75, 3.05) is 26.7 Å². The highest BCUT2D eigenvalue weighted by Gasteiger charge is 2.38. The van der Waals surface area contributed by atoms with E-state index in [2.05, 4.69) is 17.1 Å². The van der Waals surface area contributed by atoms with Crippen molar-refractivity contribution in [3.8, 4) is 0 Å². The third-order valence-electron chi connectivity index (χ3n) is 4.65. The van der Waals surface area contributed by atoms with Crippen LogP contribution in [0.5, 0.6) is 0 Å². The van der Waals surface area contributed by atoms with E-state index in [0.29, 0.717) is 6.04 Å². The number of rotatable bonds is 8. The van der Waals surface area contributed by atoms with Crippen molar-refractivity contribution in [2.45, 2.75) is 64.0 Å². The average molecular weight is 282 g/mol. The molecule has 1 aliphatic heterocycles. The van der Waals surface area contributed by atoms with Crippen molar-refractivity contribution < 1.29 is 9.53 Å². The topological polar surface area (TPSA) is 41.6 Å². The molecule has 4 nitrogen and oxygen atoms in total. The van der Waals surface area contributed by atoms with Crippen LogP contribution in [0.25, 0.3) is 0 Å². The van der Waals surface area contributed by atoms with Gasteiger partial charge in [-0.3, -0.25) is 10.1 Å². The molecule has 2 aliphatic rings. The van der Waals surface area contributed by atoms with Crippen LogP contribution in [0.2, 0.25) is 0 Å². The molecule has 0 amide bonds. The summed E-state index contributed by atoms with van der Waals surface area (Å²) >= 11 is 0. The Hall–Kier alpha value is -0.610. The third-order valence-corrected chi connectivity index (χ3v) is 4.65. The van der Waals surface area contributed by atoms with E-state index >= 15 is 0 Å². The van der Waals surface area contributed by atoms with Gasteiger partial charge in [0.25, 0.3) is 0 Å². The SMILES string of the molecule is COC(=O)C(C)(CCCCN1CCC(C)C1)NC1CC1. The first-order valence-corrected chi connectivity index (χ1v) is 8.12. The number of nitrogens with zero attached hydrogens (tertiary/aromatic N) is 1. The molecular weight excluding hydrogens is 252 g/mol. The van der Waals surface area contributed by atoms with Crippen LogP contribution in [-0.4, -0.2) is 49.2 Å². The van der Waals surface area contributed by atoms with E-state index in [1.165, 1.54) is 52.4 Å². The molecule has 2 fully saturated rings. The highest BCUT2D eigenvalue weighted by Crippen LogP contribution is 2.26. The summed E-state index contributed by atoms with van der Waals surface area (Å²) in [7, 11) is 1.49. The smallest absolute Gasteiger partial charge is 0.325 e. The summed E-state index contributed by atoms with van der Waals surface area (Å²) in [6, 6.07) is 0.526. The van der Waals surface area contributed by atoms with Crippen LogP contribution in [0.4, 0.5) is 0 Å². The molecule has 0 aromatic carbocycles. The highest BCUT2D eigenvalue weighted by atomic mass is 16.5. The Kier molecular flexibility index (Phi) is 5.44. The van der Waals surface area contributed by atoms with Gasteiger partial charge in [0.15, 0.2) is 0 Å². The lowest BCUT2D eigenvalue weighted by molar-refractivity contribution is -0.148. The molecular formula is C16H30N2O2. The largest absolute Gasteiger partial charge is 0.468 e. The molecule has 0 spiro atoms. The Balaban J connectivity index is 1.69. The molecule has 4 heteroatoms. The maximum Gasteiger partial charge on any atom is 0.325 e. The first-order chi connectivity index (χ1) is 9.53. The lowest BCUT2D eigenvalue weighted by Crippen LogP contribution is -2.51. The van der Waals surface area contributed by atoms with Crippen LogP contribution in [0.1, 0.15) is 52.4 Å². The number of methoxy groups -OCH3 is 1. The molecule has 20 heavy (non-hydrogen) atoms. The Morgan fingerprint density at radius 2 is 2.10 bits per heavy atom. The number of hydrogen-bond acceptors (Lipinski definition) is 4. The van der Waals surface area contributed by atoms with Gasteiger partial charge in [-0.05, 0) is 64.5 Å². The fraction of sp³-hybridized carbons (Fsp3) is 0.938. The van der Waals surface area contributed by atoms with Crippen LogP contribution < -0.4 is 5.32 Å². The van der Waals surface area contributed by atoms with E-state index < -0.39 is 5.54 Å². The number of nitrogens with one attached hydrogen (secondary N) is 1. The number of carbonyl (C=O) groups is 1. The standard InChI is InChI=1S/C16H30N2O2/c1-13-8-11-18(12-13)10-5-4-9-16(2,15(19)20-3)17-14-6-7-14/h13-14,17H,4-12H2,1-3H3. The summed E-state index contributed by atoms with van der Waals surface area (Å²) in [5, 5.41) is 3.47. The van der Waals surface area contributed by atoms with E-state index in [1.807, 2.05) is 6.92 Å². The zero-order valence-electron chi connectivity index (χ0n) is 13.3. The van der Waals surface area contributed by atoms with E-state index in [-0.39, 0.29) is 5.97 Å². The molecule has 1 saturated heterocycles. The maximum absolute atomic E-state index is 12.0. The van der Waals surface area contributed by atoms with Crippen LogP contribution in [0.15, 0.2) is 0 Å². The summed E-state index contributed by atoms with van der Waals surface area (Å²) in [5.74, 6) is 0.742. The summed E-state index contributed by atoms with van der Waals surface area (Å²) in [5.41, 5.74) is -0.492. The summed E-state index contributed by atoms with van der Waals surface area (Å²) in [4.78, 5) is 14.5. The van der Waals surface area contributed by atoms with Crippen molar-refractivity contribution in [2.24, 2.45) is 5.92 Å². The second-order valence-electron chi connectivity index (χ2n) is 6.89. The van der Waals surface area contributed by atoms with Gasteiger partial charge in [0, 0.05) is 12.6 Å². The Bertz CT molecular complexity index is 330. The summed E-state index contributed by atoms with van der Waals surface area (Å²) in [6.45, 7) is 7.98. The highest BCUT2D eigenvalue weighted by molar-refractivity contribution is 5.80. The van der Waals surface area contributed by atoms with Gasteiger partial charge < -0.3 is 9.64 Å². The molecule has 116 valence electrons. The van der Waals surface area contributed by atoms with Crippen LogP contribution >= 0.6 is 0 Å². The van der Waals surface area contributed by atoms with Gasteiger partial charge >= 0.3 is 5.97 Å². The molecule has 0 aromatic heterocycles. The molecule has 1 heterocycles. The number of ether oxygens (including phenoxy) is 1. The van der Waals surface area contributed by atoms with Gasteiger partial charge in [-0.1, -0.05) is 6.92 Å². The predicted octanol–water partition coefficient (Wildman–Crippen LogP) is 2.18. The number of hydrogen-bond donors (Lipinski definition) is 1. The molecule has 1 saturated carbocycles. The van der Waals surface area contributed by atoms with Gasteiger partial charge in [0.05, 0.1) is 7.11 Å². The maximum atomic E-state index is 12.0. The minimum absolute atomic E-state index is 0.112. The quantitative estimate of drug-likeness (QED) is 0.547. The lowest BCUT2D eigenvalue weighted by atomic mass is 9.94. The monoisotopic (exact) mass is 282 g/mol. The van der Waals surface area contributed by atoms with Crippen molar-refractivity contribution in [1.29, 1.82) is 0 Å². The van der Waals surface area contributed by atoms with E-state index in [9.17, 15) is 4.79 Å². The van der Waals surface area contributed by atoms with Crippen molar-refractivity contribution in [1.82, 2.24) is 10.2 Å². The van der Waals surface area contributed by atoms with Crippen LogP contribution in [-0.2, 0) is 9.53 Å². The Morgan fingerprint density at radius 3 is 2.65 bits per heavy atom. The second-order valence-corrected chi connectivity index (χ2v) is 6.89. The average Bonchev–Trinajstić information content (AvgIpc) is 3.14. The minimum atomic E-state index is -0.492. The lowest BCUT2D eigenvalue weighted by Gasteiger charge is -2.28. The van der Waals surface area contributed by atoms with Crippen LogP contribution in [0, 0.1) is 5.92 Å². The molecule has 1 aliphatic carbocycles. The molecule has 0 radical (unpaired) electrons. The first-order valence-electron chi connectivity index (χ1n) is 8.12. The molecule has 0 bridgehead atoms. The first kappa shape index (κ1) is 15.8. The Labute approximate surface area is 123 Å². The van der Waals surface area contributed by atoms with E-state index in [4.69, 9.17) is 4.74 Å². The number of unbranched alkanes of at least 4 members (excludes halogenated alkanes) is 1.